The Morgan fingerprint density at radius 1 is 0.576 bits per heavy atom. The normalized spacial score (nSPS) is 33.7. The number of phenolic OH excluding ortho intramolecular Hbond substituents is 4. The summed E-state index contributed by atoms with van der Waals surface area (Å²) in [5.41, 5.74) is 6.78. The number of aliphatic hydroxyl groups is 2. The lowest BCUT2D eigenvalue weighted by molar-refractivity contribution is -0.0646. The topological polar surface area (TPSA) is 121 Å². The van der Waals surface area contributed by atoms with Crippen LogP contribution in [0.1, 0.15) is 137 Å². The Morgan fingerprint density at radius 2 is 1.05 bits per heavy atom. The lowest BCUT2D eigenvalue weighted by Gasteiger charge is -2.52. The molecule has 0 heterocycles. The van der Waals surface area contributed by atoms with Gasteiger partial charge in [-0.2, -0.15) is 0 Å². The average molecular weight is 797 g/mol. The Balaban J connectivity index is 0.000000124. The highest BCUT2D eigenvalue weighted by atomic mass is 16.3. The van der Waals surface area contributed by atoms with Crippen molar-refractivity contribution in [3.05, 3.63) is 118 Å². The minimum Gasteiger partial charge on any atom is -0.508 e. The van der Waals surface area contributed by atoms with Crippen LogP contribution in [0.4, 0.5) is 0 Å². The van der Waals surface area contributed by atoms with Crippen molar-refractivity contribution in [1.29, 1.82) is 0 Å². The van der Waals surface area contributed by atoms with E-state index < -0.39 is 5.60 Å². The molecule has 0 aliphatic heterocycles. The van der Waals surface area contributed by atoms with Crippen LogP contribution < -0.4 is 0 Å². The van der Waals surface area contributed by atoms with E-state index in [1.54, 1.807) is 24.3 Å². The number of terminal acetylenes is 1. The van der Waals surface area contributed by atoms with Gasteiger partial charge in [-0.1, -0.05) is 70.0 Å². The zero-order valence-electron chi connectivity index (χ0n) is 35.4. The molecule has 0 bridgehead atoms. The van der Waals surface area contributed by atoms with Gasteiger partial charge in [-0.3, -0.25) is 0 Å². The van der Waals surface area contributed by atoms with Crippen molar-refractivity contribution >= 4 is 0 Å². The summed E-state index contributed by atoms with van der Waals surface area (Å²) in [5, 5.41) is 59.3. The summed E-state index contributed by atoms with van der Waals surface area (Å²) in [6, 6.07) is 26.3. The molecule has 59 heavy (non-hydrogen) atoms. The SMILES string of the molecule is C#C[C@]1(O)CC[C@H]2[C@@H]3CCc4cc(O)ccc4[C@H]3CC[C@@]21C.CC(C)(c1ccc(O)cc1)c1ccc(O)cc1.C[C@]12CC[C@@H]3c4ccc(O)cc4CC[C@H]3[C@@H]1CC[C@@H]2O. The molecular weight excluding hydrogens is 733 g/mol. The van der Waals surface area contributed by atoms with Gasteiger partial charge in [0.25, 0.3) is 0 Å². The number of rotatable bonds is 2. The van der Waals surface area contributed by atoms with E-state index in [0.717, 1.165) is 74.8 Å². The third-order valence-electron chi connectivity index (χ3n) is 16.9. The predicted molar refractivity (Wildman–Crippen MR) is 234 cm³/mol. The van der Waals surface area contributed by atoms with Crippen molar-refractivity contribution in [3.8, 4) is 35.3 Å². The molecule has 6 heteroatoms. The Hall–Kier alpha value is -4.44. The van der Waals surface area contributed by atoms with Gasteiger partial charge >= 0.3 is 0 Å². The summed E-state index contributed by atoms with van der Waals surface area (Å²) >= 11 is 0. The minimum absolute atomic E-state index is 0.0883. The Bertz CT molecular complexity index is 2140. The first kappa shape index (κ1) is 41.3. The van der Waals surface area contributed by atoms with Crippen LogP contribution in [-0.2, 0) is 18.3 Å². The Labute approximate surface area is 351 Å². The number of fused-ring (bicyclic) bond motifs is 10. The minimum atomic E-state index is -0.919. The third kappa shape index (κ3) is 7.21. The molecule has 6 N–H and O–H groups in total. The van der Waals surface area contributed by atoms with Crippen LogP contribution in [0.5, 0.6) is 23.0 Å². The van der Waals surface area contributed by atoms with E-state index in [9.17, 15) is 30.6 Å². The van der Waals surface area contributed by atoms with Crippen LogP contribution in [0.25, 0.3) is 0 Å². The smallest absolute Gasteiger partial charge is 0.130 e. The van der Waals surface area contributed by atoms with Gasteiger partial charge in [-0.15, -0.1) is 6.42 Å². The van der Waals surface area contributed by atoms with Gasteiger partial charge in [0.2, 0.25) is 0 Å². The number of aromatic hydroxyl groups is 4. The van der Waals surface area contributed by atoms with Crippen LogP contribution in [0.3, 0.4) is 0 Å². The molecule has 0 radical (unpaired) electrons. The Kier molecular flexibility index (Phi) is 10.9. The molecular formula is C53H64O6. The van der Waals surface area contributed by atoms with E-state index in [0.29, 0.717) is 41.1 Å². The standard InChI is InChI=1S/C20H24O2.C18H24O2.C15H16O2/c1-3-20(22)11-9-18-17-6-4-13-12-14(21)5-7-15(13)16(17)8-10-19(18,20)2;1-18-9-8-14-13-5-3-12(19)10-11(13)2-4-15(14)16(18)6-7-17(18)20;1-15(2,11-3-7-13(16)8-4-11)12-5-9-14(17)10-6-12/h1,5,7,12,16-18,21-22H,4,6,8-11H2,2H3;3,5,10,14-17,19-20H,2,4,6-9H2,1H3;3-10,16-17H,1-2H3/t16-,17-,18+,19+,20+;14-,15-,16+,17+,18+;/m11./s1. The second-order valence-corrected chi connectivity index (χ2v) is 20.0. The number of hydrogen-bond donors (Lipinski definition) is 6. The van der Waals surface area contributed by atoms with E-state index >= 15 is 0 Å². The van der Waals surface area contributed by atoms with Crippen molar-refractivity contribution in [1.82, 2.24) is 0 Å². The number of aliphatic hydroxyl groups excluding tert-OH is 1. The Morgan fingerprint density at radius 3 is 1.56 bits per heavy atom. The van der Waals surface area contributed by atoms with Gasteiger partial charge in [-0.05, 0) is 200 Å². The molecule has 0 aromatic heterocycles. The van der Waals surface area contributed by atoms with Crippen LogP contribution in [0, 0.1) is 46.8 Å². The fourth-order valence-electron chi connectivity index (χ4n) is 13.3. The highest BCUT2D eigenvalue weighted by molar-refractivity contribution is 5.43. The molecule has 6 nitrogen and oxygen atoms in total. The number of phenols is 4. The van der Waals surface area contributed by atoms with Crippen LogP contribution >= 0.6 is 0 Å². The first-order chi connectivity index (χ1) is 28.1. The van der Waals surface area contributed by atoms with E-state index in [1.807, 2.05) is 48.5 Å². The van der Waals surface area contributed by atoms with E-state index in [2.05, 4.69) is 45.7 Å². The first-order valence-corrected chi connectivity index (χ1v) is 22.2. The number of benzene rings is 4. The maximum Gasteiger partial charge on any atom is 0.130 e. The summed E-state index contributed by atoms with van der Waals surface area (Å²) < 4.78 is 0. The molecule has 4 aromatic carbocycles. The highest BCUT2D eigenvalue weighted by Gasteiger charge is 2.61. The van der Waals surface area contributed by atoms with Crippen molar-refractivity contribution in [3.63, 3.8) is 0 Å². The third-order valence-corrected chi connectivity index (χ3v) is 16.9. The summed E-state index contributed by atoms with van der Waals surface area (Å²) in [7, 11) is 0. The molecule has 10 atom stereocenters. The summed E-state index contributed by atoms with van der Waals surface area (Å²) in [6.07, 6.45) is 18.6. The highest BCUT2D eigenvalue weighted by Crippen LogP contribution is 2.64. The van der Waals surface area contributed by atoms with Gasteiger partial charge in [0.15, 0.2) is 0 Å². The van der Waals surface area contributed by atoms with Crippen molar-refractivity contribution in [2.45, 2.75) is 134 Å². The lowest BCUT2D eigenvalue weighted by Crippen LogP contribution is -2.50. The quantitative estimate of drug-likeness (QED) is 0.112. The van der Waals surface area contributed by atoms with Crippen molar-refractivity contribution < 1.29 is 30.6 Å². The zero-order valence-corrected chi connectivity index (χ0v) is 35.4. The molecule has 4 aromatic rings. The van der Waals surface area contributed by atoms with E-state index in [-0.39, 0.29) is 33.8 Å². The maximum atomic E-state index is 10.9. The molecule has 4 fully saturated rings. The van der Waals surface area contributed by atoms with Crippen LogP contribution in [0.2, 0.25) is 0 Å². The van der Waals surface area contributed by atoms with Gasteiger partial charge in [0.05, 0.1) is 6.10 Å². The van der Waals surface area contributed by atoms with E-state index in [4.69, 9.17) is 6.42 Å². The summed E-state index contributed by atoms with van der Waals surface area (Å²) in [5.74, 6) is 7.85. The zero-order chi connectivity index (χ0) is 41.9. The molecule has 0 spiro atoms. The monoisotopic (exact) mass is 796 g/mol. The van der Waals surface area contributed by atoms with E-state index in [1.165, 1.54) is 41.5 Å². The first-order valence-electron chi connectivity index (χ1n) is 22.2. The maximum absolute atomic E-state index is 10.9. The largest absolute Gasteiger partial charge is 0.508 e. The van der Waals surface area contributed by atoms with Crippen LogP contribution in [0.15, 0.2) is 84.9 Å². The average Bonchev–Trinajstić information content (AvgIpc) is 3.69. The number of hydrogen-bond acceptors (Lipinski definition) is 6. The molecule has 6 aliphatic carbocycles. The molecule has 312 valence electrons. The fraction of sp³-hybridized carbons (Fsp3) is 0.509. The summed E-state index contributed by atoms with van der Waals surface area (Å²) in [4.78, 5) is 0. The van der Waals surface area contributed by atoms with Gasteiger partial charge in [0.1, 0.15) is 28.6 Å². The molecule has 0 unspecified atom stereocenters. The molecule has 10 rings (SSSR count). The van der Waals surface area contributed by atoms with Crippen LogP contribution in [-0.4, -0.2) is 42.3 Å². The molecule has 0 amide bonds. The second-order valence-electron chi connectivity index (χ2n) is 20.0. The van der Waals surface area contributed by atoms with Gasteiger partial charge < -0.3 is 30.6 Å². The van der Waals surface area contributed by atoms with Crippen molar-refractivity contribution in [2.75, 3.05) is 0 Å². The van der Waals surface area contributed by atoms with Gasteiger partial charge in [-0.25, -0.2) is 0 Å². The summed E-state index contributed by atoms with van der Waals surface area (Å²) in [6.45, 7) is 8.77. The molecule has 0 saturated heterocycles. The predicted octanol–water partition coefficient (Wildman–Crippen LogP) is 10.6. The number of aryl methyl sites for hydroxylation is 2. The lowest BCUT2D eigenvalue weighted by atomic mass is 9.53. The molecule has 6 aliphatic rings. The second kappa shape index (κ2) is 15.5. The molecule has 4 saturated carbocycles. The van der Waals surface area contributed by atoms with Crippen molar-refractivity contribution in [2.24, 2.45) is 34.5 Å². The van der Waals surface area contributed by atoms with Gasteiger partial charge in [0, 0.05) is 10.8 Å². The fourth-order valence-corrected chi connectivity index (χ4v) is 13.3.